The smallest absolute Gasteiger partial charge is 0.158 e. The molecule has 3 aliphatic rings. The summed E-state index contributed by atoms with van der Waals surface area (Å²) >= 11 is 0. The molecule has 1 saturated carbocycles. The lowest BCUT2D eigenvalue weighted by Gasteiger charge is -2.49. The Labute approximate surface area is 142 Å². The maximum absolute atomic E-state index is 12.8. The molecule has 0 aromatic rings. The van der Waals surface area contributed by atoms with Crippen molar-refractivity contribution in [3.63, 3.8) is 0 Å². The van der Waals surface area contributed by atoms with Gasteiger partial charge in [0.15, 0.2) is 12.1 Å². The summed E-state index contributed by atoms with van der Waals surface area (Å²) in [5.41, 5.74) is 0.00163. The standard InChI is InChI=1S/C18H26O6/c1-12-14(20)8-18(9-16-23-4-5-24-16)7-13(19)6-15(18)17(12,2)10-22-11-21-3/h6,12,16H,4-5,7-11H2,1-3H3/t12-,17-,18-/m0/s1. The van der Waals surface area contributed by atoms with Crippen LogP contribution in [0.1, 0.15) is 33.1 Å². The number of carbonyl (C=O) groups excluding carboxylic acids is 2. The molecule has 0 aromatic heterocycles. The lowest BCUT2D eigenvalue weighted by Crippen LogP contribution is -2.49. The molecule has 1 heterocycles. The van der Waals surface area contributed by atoms with Crippen molar-refractivity contribution in [2.75, 3.05) is 33.7 Å². The maximum Gasteiger partial charge on any atom is 0.158 e. The third-order valence-corrected chi connectivity index (χ3v) is 5.81. The molecule has 1 saturated heterocycles. The second kappa shape index (κ2) is 6.67. The quantitative estimate of drug-likeness (QED) is 0.544. The molecule has 6 nitrogen and oxygen atoms in total. The molecule has 2 fully saturated rings. The Hall–Kier alpha value is -1.08. The fourth-order valence-electron chi connectivity index (χ4n) is 4.44. The fraction of sp³-hybridized carbons (Fsp3) is 0.778. The van der Waals surface area contributed by atoms with E-state index in [0.29, 0.717) is 39.1 Å². The van der Waals surface area contributed by atoms with Crippen molar-refractivity contribution in [2.45, 2.75) is 39.4 Å². The average Bonchev–Trinajstić information content (AvgIpc) is 3.14. The molecule has 3 atom stereocenters. The van der Waals surface area contributed by atoms with Gasteiger partial charge >= 0.3 is 0 Å². The molecular weight excluding hydrogens is 312 g/mol. The zero-order valence-electron chi connectivity index (χ0n) is 14.6. The van der Waals surface area contributed by atoms with E-state index in [0.717, 1.165) is 5.57 Å². The number of carbonyl (C=O) groups is 2. The highest BCUT2D eigenvalue weighted by Gasteiger charge is 2.58. The number of Topliss-reactive ketones (excluding diaryl/α,β-unsaturated/α-hetero) is 1. The van der Waals surface area contributed by atoms with Crippen LogP contribution in [0, 0.1) is 16.7 Å². The molecule has 0 spiro atoms. The number of fused-ring (bicyclic) bond motifs is 1. The van der Waals surface area contributed by atoms with Gasteiger partial charge in [0.2, 0.25) is 0 Å². The molecular formula is C18H26O6. The summed E-state index contributed by atoms with van der Waals surface area (Å²) in [5.74, 6) is 0.0382. The summed E-state index contributed by atoms with van der Waals surface area (Å²) in [6.45, 7) is 5.58. The van der Waals surface area contributed by atoms with Crippen molar-refractivity contribution >= 4 is 11.6 Å². The van der Waals surface area contributed by atoms with Gasteiger partial charge in [0.05, 0.1) is 19.8 Å². The third-order valence-electron chi connectivity index (χ3n) is 5.81. The van der Waals surface area contributed by atoms with Gasteiger partial charge in [0.25, 0.3) is 0 Å². The van der Waals surface area contributed by atoms with Crippen LogP contribution in [0.2, 0.25) is 0 Å². The molecule has 0 radical (unpaired) electrons. The Bertz CT molecular complexity index is 550. The summed E-state index contributed by atoms with van der Waals surface area (Å²) in [7, 11) is 1.56. The van der Waals surface area contributed by atoms with Gasteiger partial charge in [-0.3, -0.25) is 9.59 Å². The number of allylic oxidation sites excluding steroid dienone is 1. The summed E-state index contributed by atoms with van der Waals surface area (Å²) < 4.78 is 21.8. The number of ketones is 2. The lowest BCUT2D eigenvalue weighted by atomic mass is 9.54. The highest BCUT2D eigenvalue weighted by Crippen LogP contribution is 2.59. The average molecular weight is 338 g/mol. The zero-order chi connectivity index (χ0) is 17.4. The van der Waals surface area contributed by atoms with Gasteiger partial charge in [-0.2, -0.15) is 0 Å². The lowest BCUT2D eigenvalue weighted by molar-refractivity contribution is -0.140. The van der Waals surface area contributed by atoms with E-state index in [4.69, 9.17) is 18.9 Å². The number of hydrogen-bond donors (Lipinski definition) is 0. The first-order valence-corrected chi connectivity index (χ1v) is 8.49. The van der Waals surface area contributed by atoms with E-state index in [-0.39, 0.29) is 30.6 Å². The molecule has 6 heteroatoms. The Kier molecular flexibility index (Phi) is 4.93. The normalized spacial score (nSPS) is 37.0. The predicted molar refractivity (Wildman–Crippen MR) is 85.2 cm³/mol. The van der Waals surface area contributed by atoms with Crippen LogP contribution >= 0.6 is 0 Å². The first-order valence-electron chi connectivity index (χ1n) is 8.49. The number of hydrogen-bond acceptors (Lipinski definition) is 6. The molecule has 1 aliphatic heterocycles. The second-order valence-corrected chi connectivity index (χ2v) is 7.39. The molecule has 0 amide bonds. The van der Waals surface area contributed by atoms with Gasteiger partial charge < -0.3 is 18.9 Å². The van der Waals surface area contributed by atoms with Crippen LogP contribution in [0.25, 0.3) is 0 Å². The first kappa shape index (κ1) is 17.7. The van der Waals surface area contributed by atoms with Gasteiger partial charge in [0, 0.05) is 43.1 Å². The van der Waals surface area contributed by atoms with Gasteiger partial charge in [-0.05, 0) is 6.08 Å². The molecule has 0 aromatic carbocycles. The Morgan fingerprint density at radius 1 is 1.25 bits per heavy atom. The second-order valence-electron chi connectivity index (χ2n) is 7.39. The third kappa shape index (κ3) is 2.96. The van der Waals surface area contributed by atoms with Crippen LogP contribution in [-0.4, -0.2) is 51.6 Å². The minimum absolute atomic E-state index is 0.0721. The van der Waals surface area contributed by atoms with E-state index in [9.17, 15) is 9.59 Å². The van der Waals surface area contributed by atoms with E-state index in [1.165, 1.54) is 0 Å². The van der Waals surface area contributed by atoms with Crippen LogP contribution in [0.4, 0.5) is 0 Å². The fourth-order valence-corrected chi connectivity index (χ4v) is 4.44. The Morgan fingerprint density at radius 3 is 2.62 bits per heavy atom. The molecule has 2 aliphatic carbocycles. The molecule has 0 N–H and O–H groups in total. The summed E-state index contributed by atoms with van der Waals surface area (Å²) in [4.78, 5) is 25.0. The predicted octanol–water partition coefficient (Wildman–Crippen LogP) is 1.87. The monoisotopic (exact) mass is 338 g/mol. The van der Waals surface area contributed by atoms with Crippen molar-refractivity contribution in [3.8, 4) is 0 Å². The maximum atomic E-state index is 12.8. The van der Waals surface area contributed by atoms with Gasteiger partial charge in [-0.1, -0.05) is 19.4 Å². The van der Waals surface area contributed by atoms with Crippen molar-refractivity contribution in [1.82, 2.24) is 0 Å². The van der Waals surface area contributed by atoms with Crippen molar-refractivity contribution in [1.29, 1.82) is 0 Å². The van der Waals surface area contributed by atoms with E-state index < -0.39 is 10.8 Å². The van der Waals surface area contributed by atoms with E-state index in [1.54, 1.807) is 13.2 Å². The highest BCUT2D eigenvalue weighted by atomic mass is 16.7. The SMILES string of the molecule is COCOC[C@]1(C)C2=CC(=O)C[C@@]2(CC2OCCO2)CC(=O)[C@@H]1C. The Morgan fingerprint density at radius 2 is 1.96 bits per heavy atom. The molecule has 134 valence electrons. The number of methoxy groups -OCH3 is 1. The summed E-state index contributed by atoms with van der Waals surface area (Å²) in [6.07, 6.45) is 2.65. The molecule has 0 unspecified atom stereocenters. The van der Waals surface area contributed by atoms with E-state index in [2.05, 4.69) is 0 Å². The Balaban J connectivity index is 1.92. The van der Waals surface area contributed by atoms with Gasteiger partial charge in [0.1, 0.15) is 12.6 Å². The molecule has 24 heavy (non-hydrogen) atoms. The van der Waals surface area contributed by atoms with Gasteiger partial charge in [-0.25, -0.2) is 0 Å². The van der Waals surface area contributed by atoms with E-state index >= 15 is 0 Å². The van der Waals surface area contributed by atoms with Crippen LogP contribution in [0.3, 0.4) is 0 Å². The minimum Gasteiger partial charge on any atom is -0.359 e. The van der Waals surface area contributed by atoms with Gasteiger partial charge in [-0.15, -0.1) is 0 Å². The topological polar surface area (TPSA) is 71.1 Å². The highest BCUT2D eigenvalue weighted by molar-refractivity contribution is 5.98. The molecule has 0 bridgehead atoms. The van der Waals surface area contributed by atoms with Crippen LogP contribution in [0.5, 0.6) is 0 Å². The summed E-state index contributed by atoms with van der Waals surface area (Å²) in [6, 6.07) is 0. The van der Waals surface area contributed by atoms with Crippen LogP contribution in [-0.2, 0) is 28.5 Å². The van der Waals surface area contributed by atoms with Crippen molar-refractivity contribution < 1.29 is 28.5 Å². The largest absolute Gasteiger partial charge is 0.359 e. The first-order chi connectivity index (χ1) is 11.4. The minimum atomic E-state index is -0.515. The van der Waals surface area contributed by atoms with Crippen LogP contribution in [0.15, 0.2) is 11.6 Å². The number of rotatable bonds is 6. The van der Waals surface area contributed by atoms with Crippen molar-refractivity contribution in [3.05, 3.63) is 11.6 Å². The van der Waals surface area contributed by atoms with Crippen LogP contribution < -0.4 is 0 Å². The zero-order valence-corrected chi connectivity index (χ0v) is 14.6. The summed E-state index contributed by atoms with van der Waals surface area (Å²) in [5, 5.41) is 0. The van der Waals surface area contributed by atoms with E-state index in [1.807, 2.05) is 13.8 Å². The number of ether oxygens (including phenoxy) is 4. The molecule has 3 rings (SSSR count). The van der Waals surface area contributed by atoms with Crippen molar-refractivity contribution in [2.24, 2.45) is 16.7 Å².